The first-order valence-corrected chi connectivity index (χ1v) is 8.47. The van der Waals surface area contributed by atoms with Gasteiger partial charge in [0.15, 0.2) is 0 Å². The Bertz CT molecular complexity index is 733. The third-order valence-corrected chi connectivity index (χ3v) is 4.98. The fraction of sp³-hybridized carbons (Fsp3) is 0.400. The summed E-state index contributed by atoms with van der Waals surface area (Å²) in [6.07, 6.45) is 3.60. The van der Waals surface area contributed by atoms with Crippen LogP contribution in [0.15, 0.2) is 42.7 Å². The van der Waals surface area contributed by atoms with Gasteiger partial charge in [0.25, 0.3) is 5.91 Å². The van der Waals surface area contributed by atoms with Crippen molar-refractivity contribution in [1.29, 1.82) is 0 Å². The van der Waals surface area contributed by atoms with Crippen molar-refractivity contribution in [2.24, 2.45) is 5.92 Å². The summed E-state index contributed by atoms with van der Waals surface area (Å²) < 4.78 is 10.7. The van der Waals surface area contributed by atoms with Gasteiger partial charge in [-0.25, -0.2) is 0 Å². The normalized spacial score (nSPS) is 19.9. The first kappa shape index (κ1) is 17.4. The van der Waals surface area contributed by atoms with Crippen molar-refractivity contribution < 1.29 is 14.3 Å². The summed E-state index contributed by atoms with van der Waals surface area (Å²) >= 11 is 0. The number of rotatable bonds is 5. The molecular weight excluding hydrogens is 316 g/mol. The Morgan fingerprint density at radius 2 is 1.96 bits per heavy atom. The van der Waals surface area contributed by atoms with Crippen LogP contribution in [0.25, 0.3) is 0 Å². The molecule has 0 N–H and O–H groups in total. The minimum absolute atomic E-state index is 0.0501. The number of ether oxygens (including phenoxy) is 2. The van der Waals surface area contributed by atoms with Crippen molar-refractivity contribution in [2.45, 2.75) is 12.8 Å². The van der Waals surface area contributed by atoms with E-state index in [0.29, 0.717) is 25.3 Å². The van der Waals surface area contributed by atoms with Crippen molar-refractivity contribution in [3.63, 3.8) is 0 Å². The van der Waals surface area contributed by atoms with Crippen LogP contribution >= 0.6 is 0 Å². The van der Waals surface area contributed by atoms with Gasteiger partial charge in [-0.3, -0.25) is 9.78 Å². The fourth-order valence-corrected chi connectivity index (χ4v) is 3.65. The molecule has 25 heavy (non-hydrogen) atoms. The Morgan fingerprint density at radius 3 is 2.64 bits per heavy atom. The first-order chi connectivity index (χ1) is 12.2. The second-order valence-electron chi connectivity index (χ2n) is 6.45. The smallest absolute Gasteiger partial charge is 0.254 e. The molecule has 132 valence electrons. The summed E-state index contributed by atoms with van der Waals surface area (Å²) in [5.74, 6) is 1.33. The Kier molecular flexibility index (Phi) is 5.34. The SMILES string of the molecule is COC[C@@H]1CN(C(=O)c2cccc(OC)c2C)C[C@H]1c1ccncc1. The summed E-state index contributed by atoms with van der Waals surface area (Å²) in [6, 6.07) is 9.66. The van der Waals surface area contributed by atoms with Crippen LogP contribution < -0.4 is 4.74 Å². The van der Waals surface area contributed by atoms with Crippen molar-refractivity contribution in [1.82, 2.24) is 9.88 Å². The Hall–Kier alpha value is -2.40. The summed E-state index contributed by atoms with van der Waals surface area (Å²) in [5.41, 5.74) is 2.78. The predicted octanol–water partition coefficient (Wildman–Crippen LogP) is 2.90. The van der Waals surface area contributed by atoms with E-state index >= 15 is 0 Å². The molecule has 0 spiro atoms. The van der Waals surface area contributed by atoms with E-state index in [0.717, 1.165) is 11.3 Å². The minimum Gasteiger partial charge on any atom is -0.496 e. The lowest BCUT2D eigenvalue weighted by molar-refractivity contribution is 0.0774. The van der Waals surface area contributed by atoms with Gasteiger partial charge in [-0.05, 0) is 36.8 Å². The lowest BCUT2D eigenvalue weighted by Gasteiger charge is -2.19. The van der Waals surface area contributed by atoms with Crippen LogP contribution in [0.5, 0.6) is 5.75 Å². The average molecular weight is 340 g/mol. The van der Waals surface area contributed by atoms with Crippen molar-refractivity contribution >= 4 is 5.91 Å². The van der Waals surface area contributed by atoms with E-state index < -0.39 is 0 Å². The fourth-order valence-electron chi connectivity index (χ4n) is 3.65. The molecule has 1 aromatic carbocycles. The van der Waals surface area contributed by atoms with Crippen LogP contribution in [-0.2, 0) is 4.74 Å². The topological polar surface area (TPSA) is 51.7 Å². The van der Waals surface area contributed by atoms with Gasteiger partial charge in [-0.15, -0.1) is 0 Å². The van der Waals surface area contributed by atoms with Crippen molar-refractivity contribution in [3.05, 3.63) is 59.4 Å². The molecule has 1 saturated heterocycles. The Labute approximate surface area is 148 Å². The monoisotopic (exact) mass is 340 g/mol. The maximum atomic E-state index is 13.1. The molecule has 1 aromatic heterocycles. The zero-order chi connectivity index (χ0) is 17.8. The zero-order valence-electron chi connectivity index (χ0n) is 14.9. The molecule has 5 nitrogen and oxygen atoms in total. The lowest BCUT2D eigenvalue weighted by atomic mass is 9.90. The molecule has 0 radical (unpaired) electrons. The standard InChI is InChI=1S/C20H24N2O3/c1-14-17(5-4-6-19(14)25-3)20(23)22-11-16(13-24-2)18(12-22)15-7-9-21-10-8-15/h4-10,16,18H,11-13H2,1-3H3/t16-,18-/m0/s1. The number of hydrogen-bond donors (Lipinski definition) is 0. The van der Waals surface area contributed by atoms with E-state index in [9.17, 15) is 4.79 Å². The third kappa shape index (κ3) is 3.51. The number of nitrogens with zero attached hydrogens (tertiary/aromatic N) is 2. The first-order valence-electron chi connectivity index (χ1n) is 8.47. The molecule has 0 saturated carbocycles. The number of amides is 1. The second-order valence-corrected chi connectivity index (χ2v) is 6.45. The molecular formula is C20H24N2O3. The van der Waals surface area contributed by atoms with Gasteiger partial charge in [-0.1, -0.05) is 6.07 Å². The van der Waals surface area contributed by atoms with Crippen LogP contribution in [0.1, 0.15) is 27.4 Å². The highest BCUT2D eigenvalue weighted by Crippen LogP contribution is 2.34. The summed E-state index contributed by atoms with van der Waals surface area (Å²) in [7, 11) is 3.33. The molecule has 2 atom stereocenters. The largest absolute Gasteiger partial charge is 0.496 e. The van der Waals surface area contributed by atoms with Crippen LogP contribution in [-0.4, -0.2) is 49.7 Å². The Balaban J connectivity index is 1.85. The van der Waals surface area contributed by atoms with E-state index in [-0.39, 0.29) is 17.7 Å². The molecule has 0 bridgehead atoms. The van der Waals surface area contributed by atoms with Gasteiger partial charge in [-0.2, -0.15) is 0 Å². The van der Waals surface area contributed by atoms with Gasteiger partial charge >= 0.3 is 0 Å². The molecule has 1 fully saturated rings. The minimum atomic E-state index is 0.0501. The highest BCUT2D eigenvalue weighted by molar-refractivity contribution is 5.96. The second kappa shape index (κ2) is 7.66. The summed E-state index contributed by atoms with van der Waals surface area (Å²) in [4.78, 5) is 19.1. The van der Waals surface area contributed by atoms with E-state index in [1.54, 1.807) is 26.6 Å². The number of likely N-dealkylation sites (tertiary alicyclic amines) is 1. The molecule has 5 heteroatoms. The number of hydrogen-bond acceptors (Lipinski definition) is 4. The zero-order valence-corrected chi connectivity index (χ0v) is 14.9. The molecule has 2 heterocycles. The maximum absolute atomic E-state index is 13.1. The van der Waals surface area contributed by atoms with E-state index in [2.05, 4.69) is 4.98 Å². The van der Waals surface area contributed by atoms with Crippen LogP contribution in [0, 0.1) is 12.8 Å². The molecule has 0 unspecified atom stereocenters. The molecule has 1 amide bonds. The Morgan fingerprint density at radius 1 is 1.20 bits per heavy atom. The molecule has 2 aromatic rings. The van der Waals surface area contributed by atoms with Gasteiger partial charge in [0.2, 0.25) is 0 Å². The van der Waals surface area contributed by atoms with Crippen LogP contribution in [0.3, 0.4) is 0 Å². The number of pyridine rings is 1. The van der Waals surface area contributed by atoms with E-state index in [1.807, 2.05) is 42.2 Å². The molecule has 3 rings (SSSR count). The van der Waals surface area contributed by atoms with Crippen molar-refractivity contribution in [2.75, 3.05) is 33.9 Å². The third-order valence-electron chi connectivity index (χ3n) is 4.98. The van der Waals surface area contributed by atoms with Crippen LogP contribution in [0.4, 0.5) is 0 Å². The highest BCUT2D eigenvalue weighted by Gasteiger charge is 2.36. The lowest BCUT2D eigenvalue weighted by Crippen LogP contribution is -2.30. The highest BCUT2D eigenvalue weighted by atomic mass is 16.5. The quantitative estimate of drug-likeness (QED) is 0.840. The van der Waals surface area contributed by atoms with E-state index in [1.165, 1.54) is 5.56 Å². The molecule has 1 aliphatic heterocycles. The number of aromatic nitrogens is 1. The van der Waals surface area contributed by atoms with Gasteiger partial charge < -0.3 is 14.4 Å². The number of carbonyl (C=O) groups excluding carboxylic acids is 1. The molecule has 0 aliphatic carbocycles. The van der Waals surface area contributed by atoms with E-state index in [4.69, 9.17) is 9.47 Å². The predicted molar refractivity (Wildman–Crippen MR) is 96.0 cm³/mol. The van der Waals surface area contributed by atoms with Gasteiger partial charge in [0.1, 0.15) is 5.75 Å². The van der Waals surface area contributed by atoms with Gasteiger partial charge in [0.05, 0.1) is 13.7 Å². The number of methoxy groups -OCH3 is 2. The summed E-state index contributed by atoms with van der Waals surface area (Å²) in [6.45, 7) is 3.94. The van der Waals surface area contributed by atoms with Crippen LogP contribution in [0.2, 0.25) is 0 Å². The number of carbonyl (C=O) groups is 1. The average Bonchev–Trinajstić information content (AvgIpc) is 3.06. The number of benzene rings is 1. The van der Waals surface area contributed by atoms with Gasteiger partial charge in [0, 0.05) is 55.6 Å². The van der Waals surface area contributed by atoms with Crippen molar-refractivity contribution in [3.8, 4) is 5.75 Å². The molecule has 1 aliphatic rings. The maximum Gasteiger partial charge on any atom is 0.254 e. The summed E-state index contributed by atoms with van der Waals surface area (Å²) in [5, 5.41) is 0.